The number of ether oxygens (including phenoxy) is 1. The third kappa shape index (κ3) is 2.96. The number of carbonyl (C=O) groups is 2. The quantitative estimate of drug-likeness (QED) is 0.853. The molecule has 2 fully saturated rings. The molecule has 120 valence electrons. The van der Waals surface area contributed by atoms with Gasteiger partial charge < -0.3 is 14.7 Å². The summed E-state index contributed by atoms with van der Waals surface area (Å²) in [6.45, 7) is 1.70. The van der Waals surface area contributed by atoms with Crippen LogP contribution in [0.3, 0.4) is 0 Å². The Morgan fingerprint density at radius 1 is 1.36 bits per heavy atom. The highest BCUT2D eigenvalue weighted by molar-refractivity contribution is 5.79. The molecule has 3 rings (SSSR count). The predicted molar refractivity (Wildman–Crippen MR) is 75.4 cm³/mol. The van der Waals surface area contributed by atoms with E-state index in [0.29, 0.717) is 37.8 Å². The van der Waals surface area contributed by atoms with E-state index in [-0.39, 0.29) is 24.3 Å². The van der Waals surface area contributed by atoms with E-state index in [0.717, 1.165) is 12.8 Å². The standard InChI is InChI=1S/C14H20N4O4/c1-17-7-10(6-11(17)19)14-15-13(9-2-4-22-5-3-9)16-18(14)8-12(20)21/h9-10H,2-8H2,1H3,(H,20,21)/t10-/m1/s1. The second kappa shape index (κ2) is 6.04. The van der Waals surface area contributed by atoms with E-state index in [1.54, 1.807) is 11.9 Å². The maximum absolute atomic E-state index is 11.7. The summed E-state index contributed by atoms with van der Waals surface area (Å²) < 4.78 is 6.79. The number of aromatic nitrogens is 3. The first-order valence-corrected chi connectivity index (χ1v) is 7.52. The van der Waals surface area contributed by atoms with Gasteiger partial charge in [-0.25, -0.2) is 9.67 Å². The summed E-state index contributed by atoms with van der Waals surface area (Å²) in [5.74, 6) is 0.517. The zero-order valence-electron chi connectivity index (χ0n) is 12.6. The van der Waals surface area contributed by atoms with Gasteiger partial charge in [0.05, 0.1) is 0 Å². The number of likely N-dealkylation sites (tertiary alicyclic amines) is 1. The summed E-state index contributed by atoms with van der Waals surface area (Å²) >= 11 is 0. The van der Waals surface area contributed by atoms with Crippen LogP contribution in [0.5, 0.6) is 0 Å². The zero-order valence-corrected chi connectivity index (χ0v) is 12.6. The summed E-state index contributed by atoms with van der Waals surface area (Å²) in [5, 5.41) is 13.5. The number of carbonyl (C=O) groups excluding carboxylic acids is 1. The summed E-state index contributed by atoms with van der Waals surface area (Å²) in [6, 6.07) is 0. The van der Waals surface area contributed by atoms with Crippen LogP contribution in [0.15, 0.2) is 0 Å². The Hall–Kier alpha value is -1.96. The molecular formula is C14H20N4O4. The fraction of sp³-hybridized carbons (Fsp3) is 0.714. The van der Waals surface area contributed by atoms with Crippen LogP contribution in [0.2, 0.25) is 0 Å². The maximum Gasteiger partial charge on any atom is 0.325 e. The summed E-state index contributed by atoms with van der Waals surface area (Å²) in [6.07, 6.45) is 2.06. The van der Waals surface area contributed by atoms with Gasteiger partial charge in [-0.2, -0.15) is 5.10 Å². The second-order valence-corrected chi connectivity index (χ2v) is 5.94. The highest BCUT2D eigenvalue weighted by Gasteiger charge is 2.33. The number of amides is 1. The van der Waals surface area contributed by atoms with Gasteiger partial charge in [-0.05, 0) is 12.8 Å². The number of hydrogen-bond acceptors (Lipinski definition) is 5. The smallest absolute Gasteiger partial charge is 0.325 e. The minimum absolute atomic E-state index is 0.0579. The van der Waals surface area contributed by atoms with Crippen LogP contribution in [-0.4, -0.2) is 63.5 Å². The van der Waals surface area contributed by atoms with Crippen molar-refractivity contribution in [3.8, 4) is 0 Å². The molecule has 1 N–H and O–H groups in total. The van der Waals surface area contributed by atoms with Crippen molar-refractivity contribution in [1.82, 2.24) is 19.7 Å². The second-order valence-electron chi connectivity index (χ2n) is 5.94. The molecule has 3 heterocycles. The van der Waals surface area contributed by atoms with Gasteiger partial charge in [-0.1, -0.05) is 0 Å². The molecule has 2 saturated heterocycles. The van der Waals surface area contributed by atoms with Crippen molar-refractivity contribution in [1.29, 1.82) is 0 Å². The molecule has 0 aromatic carbocycles. The Kier molecular flexibility index (Phi) is 4.10. The molecule has 0 saturated carbocycles. The lowest BCUT2D eigenvalue weighted by Gasteiger charge is -2.18. The first-order valence-electron chi connectivity index (χ1n) is 7.52. The van der Waals surface area contributed by atoms with Crippen molar-refractivity contribution >= 4 is 11.9 Å². The number of aliphatic carboxylic acids is 1. The van der Waals surface area contributed by atoms with Crippen LogP contribution in [-0.2, 0) is 20.9 Å². The number of carboxylic acid groups (broad SMARTS) is 1. The SMILES string of the molecule is CN1C[C@H](c2nc(C3CCOCC3)nn2CC(=O)O)CC1=O. The highest BCUT2D eigenvalue weighted by Crippen LogP contribution is 2.29. The van der Waals surface area contributed by atoms with Crippen molar-refractivity contribution in [3.63, 3.8) is 0 Å². The van der Waals surface area contributed by atoms with E-state index >= 15 is 0 Å². The van der Waals surface area contributed by atoms with Gasteiger partial charge in [0.2, 0.25) is 5.91 Å². The first-order chi connectivity index (χ1) is 10.5. The number of nitrogens with zero attached hydrogens (tertiary/aromatic N) is 4. The largest absolute Gasteiger partial charge is 0.480 e. The van der Waals surface area contributed by atoms with Crippen LogP contribution in [0, 0.1) is 0 Å². The van der Waals surface area contributed by atoms with Gasteiger partial charge >= 0.3 is 5.97 Å². The van der Waals surface area contributed by atoms with E-state index in [1.807, 2.05) is 0 Å². The molecule has 0 aliphatic carbocycles. The lowest BCUT2D eigenvalue weighted by molar-refractivity contribution is -0.138. The third-order valence-corrected chi connectivity index (χ3v) is 4.29. The van der Waals surface area contributed by atoms with Crippen molar-refractivity contribution in [2.75, 3.05) is 26.8 Å². The Morgan fingerprint density at radius 3 is 2.68 bits per heavy atom. The van der Waals surface area contributed by atoms with Crippen LogP contribution >= 0.6 is 0 Å². The third-order valence-electron chi connectivity index (χ3n) is 4.29. The molecule has 1 amide bonds. The number of rotatable bonds is 4. The summed E-state index contributed by atoms with van der Waals surface area (Å²) in [5.41, 5.74) is 0. The van der Waals surface area contributed by atoms with Crippen LogP contribution in [0.25, 0.3) is 0 Å². The fourth-order valence-electron chi connectivity index (χ4n) is 3.08. The van der Waals surface area contributed by atoms with Crippen molar-refractivity contribution < 1.29 is 19.4 Å². The Balaban J connectivity index is 1.87. The van der Waals surface area contributed by atoms with Crippen LogP contribution in [0.1, 0.15) is 42.7 Å². The van der Waals surface area contributed by atoms with Gasteiger partial charge in [-0.15, -0.1) is 0 Å². The number of likely N-dealkylation sites (N-methyl/N-ethyl adjacent to an activating group) is 1. The lowest BCUT2D eigenvalue weighted by atomic mass is 10.00. The lowest BCUT2D eigenvalue weighted by Crippen LogP contribution is -2.20. The molecule has 0 radical (unpaired) electrons. The van der Waals surface area contributed by atoms with Crippen LogP contribution in [0.4, 0.5) is 0 Å². The van der Waals surface area contributed by atoms with Crippen LogP contribution < -0.4 is 0 Å². The molecule has 22 heavy (non-hydrogen) atoms. The van der Waals surface area contributed by atoms with E-state index in [1.165, 1.54) is 4.68 Å². The zero-order chi connectivity index (χ0) is 15.7. The first kappa shape index (κ1) is 15.0. The monoisotopic (exact) mass is 308 g/mol. The predicted octanol–water partition coefficient (Wildman–Crippen LogP) is 0.202. The minimum Gasteiger partial charge on any atom is -0.480 e. The molecule has 0 bridgehead atoms. The van der Waals surface area contributed by atoms with E-state index in [9.17, 15) is 9.59 Å². The van der Waals surface area contributed by atoms with E-state index < -0.39 is 5.97 Å². The Labute approximate surface area is 128 Å². The topological polar surface area (TPSA) is 97.6 Å². The van der Waals surface area contributed by atoms with Crippen molar-refractivity contribution in [2.45, 2.75) is 37.6 Å². The number of carboxylic acids is 1. The summed E-state index contributed by atoms with van der Waals surface area (Å²) in [7, 11) is 1.75. The van der Waals surface area contributed by atoms with E-state index in [4.69, 9.17) is 9.84 Å². The Bertz CT molecular complexity index is 579. The molecule has 8 heteroatoms. The Morgan fingerprint density at radius 2 is 2.09 bits per heavy atom. The minimum atomic E-state index is -0.956. The average molecular weight is 308 g/mol. The van der Waals surface area contributed by atoms with Gasteiger partial charge in [0.1, 0.15) is 12.4 Å². The van der Waals surface area contributed by atoms with Gasteiger partial charge in [0.25, 0.3) is 0 Å². The fourth-order valence-corrected chi connectivity index (χ4v) is 3.08. The van der Waals surface area contributed by atoms with Gasteiger partial charge in [0, 0.05) is 45.1 Å². The molecule has 2 aliphatic heterocycles. The highest BCUT2D eigenvalue weighted by atomic mass is 16.5. The average Bonchev–Trinajstić information content (AvgIpc) is 3.04. The van der Waals surface area contributed by atoms with E-state index in [2.05, 4.69) is 10.1 Å². The molecular weight excluding hydrogens is 288 g/mol. The molecule has 1 aromatic rings. The van der Waals surface area contributed by atoms with Gasteiger partial charge in [0.15, 0.2) is 5.82 Å². The molecule has 1 atom stereocenters. The maximum atomic E-state index is 11.7. The number of hydrogen-bond donors (Lipinski definition) is 1. The van der Waals surface area contributed by atoms with Gasteiger partial charge in [-0.3, -0.25) is 9.59 Å². The molecule has 8 nitrogen and oxygen atoms in total. The molecule has 2 aliphatic rings. The molecule has 0 spiro atoms. The normalized spacial score (nSPS) is 23.2. The summed E-state index contributed by atoms with van der Waals surface area (Å²) in [4.78, 5) is 29.0. The molecule has 1 aromatic heterocycles. The van der Waals surface area contributed by atoms with Crippen molar-refractivity contribution in [3.05, 3.63) is 11.6 Å². The van der Waals surface area contributed by atoms with Crippen molar-refractivity contribution in [2.24, 2.45) is 0 Å². The molecule has 0 unspecified atom stereocenters.